The lowest BCUT2D eigenvalue weighted by atomic mass is 10.3. The van der Waals surface area contributed by atoms with Crippen molar-refractivity contribution in [2.45, 2.75) is 41.5 Å². The third-order valence-electron chi connectivity index (χ3n) is 7.32. The summed E-state index contributed by atoms with van der Waals surface area (Å²) in [5.41, 5.74) is 8.31. The molecule has 0 atom stereocenters. The first-order chi connectivity index (χ1) is 36.2. The molecular weight excluding hydrogens is 1010 g/mol. The zero-order chi connectivity index (χ0) is 55.0. The van der Waals surface area contributed by atoms with Gasteiger partial charge in [0.2, 0.25) is 0 Å². The van der Waals surface area contributed by atoms with Gasteiger partial charge in [0.1, 0.15) is 19.0 Å². The van der Waals surface area contributed by atoms with Crippen molar-refractivity contribution in [3.8, 4) is 0 Å². The van der Waals surface area contributed by atoms with Gasteiger partial charge in [0.25, 0.3) is 0 Å². The number of imidazole rings is 1. The molecule has 0 aliphatic heterocycles. The Morgan fingerprint density at radius 2 is 1.23 bits per heavy atom. The summed E-state index contributed by atoms with van der Waals surface area (Å²) in [5, 5.41) is 43.0. The van der Waals surface area contributed by atoms with E-state index in [0.717, 1.165) is 16.4 Å². The van der Waals surface area contributed by atoms with Crippen molar-refractivity contribution in [3.63, 3.8) is 0 Å². The van der Waals surface area contributed by atoms with Crippen molar-refractivity contribution >= 4 is 34.0 Å². The van der Waals surface area contributed by atoms with E-state index in [1.165, 1.54) is 38.1 Å². The minimum absolute atomic E-state index is 1.07. The number of nitrogens with zero attached hydrogens (tertiary/aromatic N) is 25. The predicted octanol–water partition coefficient (Wildman–Crippen LogP) is 6.81. The normalized spacial score (nSPS) is 8.80. The molecule has 0 radical (unpaired) electrons. The van der Waals surface area contributed by atoms with Gasteiger partial charge >= 0.3 is 0 Å². The summed E-state index contributed by atoms with van der Waals surface area (Å²) in [6, 6.07) is 15.6. The quantitative estimate of drug-likeness (QED) is 0.151. The molecule has 12 aromatic heterocycles. The topological polar surface area (TPSA) is 274 Å². The number of tetrazole rings is 1. The van der Waals surface area contributed by atoms with Crippen molar-refractivity contribution < 1.29 is 0 Å². The average Bonchev–Trinajstić information content (AvgIpc) is 4.24. The van der Waals surface area contributed by atoms with Crippen LogP contribution in [0.15, 0.2) is 176 Å². The summed E-state index contributed by atoms with van der Waals surface area (Å²) in [6.45, 7) is 12.0. The van der Waals surface area contributed by atoms with Crippen LogP contribution in [0.25, 0.3) is 0 Å². The van der Waals surface area contributed by atoms with E-state index < -0.39 is 0 Å². The molecule has 0 fully saturated rings. The summed E-state index contributed by atoms with van der Waals surface area (Å²) >= 11 is 4.96. The molecule has 0 saturated heterocycles. The maximum absolute atomic E-state index is 3.98. The van der Waals surface area contributed by atoms with Gasteiger partial charge in [0.05, 0.1) is 35.6 Å². The zero-order valence-electron chi connectivity index (χ0n) is 44.1. The molecule has 0 unspecified atom stereocenters. The van der Waals surface area contributed by atoms with Gasteiger partial charge in [-0.3, -0.25) is 43.9 Å². The molecule has 28 heteroatoms. The van der Waals surface area contributed by atoms with Crippen LogP contribution in [0.5, 0.6) is 0 Å². The molecule has 12 aromatic rings. The molecule has 0 N–H and O–H groups in total. The van der Waals surface area contributed by atoms with Crippen molar-refractivity contribution in [2.24, 2.45) is 42.3 Å². The van der Waals surface area contributed by atoms with E-state index >= 15 is 0 Å². The van der Waals surface area contributed by atoms with Crippen LogP contribution in [0, 0.1) is 41.5 Å². The molecule has 396 valence electrons. The molecule has 0 bridgehead atoms. The lowest BCUT2D eigenvalue weighted by Crippen LogP contribution is -1.91. The number of pyridine rings is 3. The van der Waals surface area contributed by atoms with E-state index in [2.05, 4.69) is 96.8 Å². The lowest BCUT2D eigenvalue weighted by Gasteiger charge is -1.82. The fourth-order valence-corrected chi connectivity index (χ4v) is 5.15. The van der Waals surface area contributed by atoms with Crippen molar-refractivity contribution in [1.29, 1.82) is 0 Å². The van der Waals surface area contributed by atoms with Gasteiger partial charge in [-0.1, -0.05) is 17.3 Å². The molecule has 0 aliphatic rings. The smallest absolute Gasteiger partial charge is 0.137 e. The van der Waals surface area contributed by atoms with Crippen LogP contribution < -0.4 is 0 Å². The standard InChI is InChI=1S/3C6H7N.2C4H6N2.3C4H5NS.2C3H5N3.C2H4N4.CH3N5/c1-6-2-4-7-5-3-6;1-6-3-2-4-7-5-6;1-6-4-2-3-5-7-6;1-6-3-2-5-4-6;1-6-4-2-3-5-6;1-4-2-6-3-5-4;1-4-2-5-3-6-4;1-4-5-2-3-6-4;1-6-3-4-2-5-6;1-6-3-2-4-5-6;1-6-2-3-4-5-6;1-6-4-2-3-5-6/h3*2-5H,1H3;2*2-4H,1H3;5*2-3H,1H3;2H,1H3;1H3. The number of rotatable bonds is 0. The van der Waals surface area contributed by atoms with Gasteiger partial charge in [-0.05, 0) is 120 Å². The van der Waals surface area contributed by atoms with Crippen LogP contribution in [0.2, 0.25) is 0 Å². The maximum atomic E-state index is 3.98. The Morgan fingerprint density at radius 3 is 1.43 bits per heavy atom. The molecule has 25 nitrogen and oxygen atoms in total. The van der Waals surface area contributed by atoms with E-state index in [0.29, 0.717) is 0 Å². The number of hydrogen-bond donors (Lipinski definition) is 0. The van der Waals surface area contributed by atoms with Crippen LogP contribution >= 0.6 is 34.0 Å². The molecule has 0 saturated carbocycles. The number of aryl methyl sites for hydroxylation is 12. The Morgan fingerprint density at radius 1 is 0.440 bits per heavy atom. The fraction of sp³-hybridized carbons (Fsp3) is 0.255. The van der Waals surface area contributed by atoms with Crippen LogP contribution in [0.1, 0.15) is 32.4 Å². The van der Waals surface area contributed by atoms with E-state index in [-0.39, 0.29) is 0 Å². The number of hydrogen-bond acceptors (Lipinski definition) is 22. The van der Waals surface area contributed by atoms with Crippen LogP contribution in [-0.4, -0.2) is 125 Å². The second-order valence-corrected chi connectivity index (χ2v) is 17.1. The summed E-state index contributed by atoms with van der Waals surface area (Å²) in [7, 11) is 10.9. The molecular formula is C47H65N25S3. The first-order valence-corrected chi connectivity index (χ1v) is 24.8. The van der Waals surface area contributed by atoms with Crippen molar-refractivity contribution in [1.82, 2.24) is 125 Å². The van der Waals surface area contributed by atoms with Crippen LogP contribution in [0.4, 0.5) is 0 Å². The first-order valence-electron chi connectivity index (χ1n) is 22.1. The fourth-order valence-electron chi connectivity index (χ4n) is 3.75. The Hall–Kier alpha value is -8.89. The summed E-state index contributed by atoms with van der Waals surface area (Å²) in [6.07, 6.45) is 29.7. The highest BCUT2D eigenvalue weighted by molar-refractivity contribution is 7.09. The molecule has 0 aromatic carbocycles. The van der Waals surface area contributed by atoms with Gasteiger partial charge in [-0.2, -0.15) is 10.2 Å². The highest BCUT2D eigenvalue weighted by atomic mass is 32.1. The highest BCUT2D eigenvalue weighted by Gasteiger charge is 1.80. The predicted molar refractivity (Wildman–Crippen MR) is 291 cm³/mol. The van der Waals surface area contributed by atoms with Crippen LogP contribution in [0.3, 0.4) is 0 Å². The average molecular weight is 1080 g/mol. The molecule has 0 amide bonds. The van der Waals surface area contributed by atoms with E-state index in [9.17, 15) is 0 Å². The number of thiazole rings is 3. The number of aromatic nitrogens is 25. The lowest BCUT2D eigenvalue weighted by molar-refractivity contribution is 0.622. The minimum atomic E-state index is 1.07. The molecule has 0 aliphatic carbocycles. The second kappa shape index (κ2) is 43.9. The largest absolute Gasteiger partial charge is 0.341 e. The monoisotopic (exact) mass is 1080 g/mol. The Bertz CT molecular complexity index is 2300. The van der Waals surface area contributed by atoms with E-state index in [4.69, 9.17) is 0 Å². The Balaban J connectivity index is 0.000000409. The molecule has 12 rings (SSSR count). The Kier molecular flexibility index (Phi) is 37.5. The molecule has 75 heavy (non-hydrogen) atoms. The zero-order valence-corrected chi connectivity index (χ0v) is 46.6. The minimum Gasteiger partial charge on any atom is -0.341 e. The molecule has 12 heterocycles. The third-order valence-corrected chi connectivity index (χ3v) is 9.43. The summed E-state index contributed by atoms with van der Waals surface area (Å²) < 4.78 is 8.44. The molecule has 0 spiro atoms. The summed E-state index contributed by atoms with van der Waals surface area (Å²) in [4.78, 5) is 33.4. The Labute approximate surface area is 449 Å². The summed E-state index contributed by atoms with van der Waals surface area (Å²) in [5.74, 6) is 0. The van der Waals surface area contributed by atoms with E-state index in [1.807, 2.05) is 169 Å². The van der Waals surface area contributed by atoms with Crippen molar-refractivity contribution in [2.75, 3.05) is 0 Å². The van der Waals surface area contributed by atoms with Crippen LogP contribution in [-0.2, 0) is 42.3 Å². The first kappa shape index (κ1) is 64.1. The van der Waals surface area contributed by atoms with Gasteiger partial charge < -0.3 is 4.57 Å². The second-order valence-electron chi connectivity index (χ2n) is 14.2. The SMILES string of the molecule is Cc1ccccn1.Cc1cccnc1.Cc1ccncc1.Cc1cncs1.Cc1cscn1.Cc1nccs1.Cn1cccn1.Cn1ccnc1.Cn1ccnn1.Cn1cncn1.Cn1cnnn1.Cn1nnnn1. The van der Waals surface area contributed by atoms with Gasteiger partial charge in [-0.15, -0.1) is 49.0 Å². The van der Waals surface area contributed by atoms with Crippen molar-refractivity contribution in [3.05, 3.63) is 209 Å². The third kappa shape index (κ3) is 42.5. The van der Waals surface area contributed by atoms with Gasteiger partial charge in [0.15, 0.2) is 0 Å². The van der Waals surface area contributed by atoms with Gasteiger partial charge in [0, 0.05) is 137 Å². The van der Waals surface area contributed by atoms with Gasteiger partial charge in [-0.25, -0.2) is 14.6 Å². The maximum Gasteiger partial charge on any atom is 0.137 e. The van der Waals surface area contributed by atoms with E-state index in [1.54, 1.807) is 131 Å². The highest BCUT2D eigenvalue weighted by Crippen LogP contribution is 2.00.